The Morgan fingerprint density at radius 2 is 1.67 bits per heavy atom. The molecule has 0 spiro atoms. The predicted molar refractivity (Wildman–Crippen MR) is 60.6 cm³/mol. The summed E-state index contributed by atoms with van der Waals surface area (Å²) in [7, 11) is 0. The first-order valence-electron chi connectivity index (χ1n) is 4.94. The van der Waals surface area contributed by atoms with Crippen LogP contribution in [0.1, 0.15) is 19.4 Å². The maximum Gasteiger partial charge on any atom is 0.123 e. The van der Waals surface area contributed by atoms with Gasteiger partial charge in [0.2, 0.25) is 0 Å². The van der Waals surface area contributed by atoms with Crippen LogP contribution in [0.25, 0.3) is 0 Å². The van der Waals surface area contributed by atoms with Gasteiger partial charge in [0.05, 0.1) is 19.4 Å². The number of hydrogen-bond acceptors (Lipinski definition) is 4. The van der Waals surface area contributed by atoms with Crippen LogP contribution in [0.4, 0.5) is 0 Å². The molecular weight excluding hydrogens is 192 g/mol. The van der Waals surface area contributed by atoms with E-state index in [4.69, 9.17) is 15.3 Å². The van der Waals surface area contributed by atoms with E-state index < -0.39 is 0 Å². The van der Waals surface area contributed by atoms with Crippen molar-refractivity contribution in [3.8, 4) is 11.5 Å². The molecule has 0 bridgehead atoms. The lowest BCUT2D eigenvalue weighted by Crippen LogP contribution is -1.97. The highest BCUT2D eigenvalue weighted by Crippen LogP contribution is 2.22. The molecule has 0 aliphatic rings. The summed E-state index contributed by atoms with van der Waals surface area (Å²) in [4.78, 5) is 0. The van der Waals surface area contributed by atoms with E-state index >= 15 is 0 Å². The van der Waals surface area contributed by atoms with Crippen LogP contribution >= 0.6 is 0 Å². The monoisotopic (exact) mass is 208 g/mol. The van der Waals surface area contributed by atoms with Gasteiger partial charge in [-0.2, -0.15) is 5.10 Å². The maximum absolute atomic E-state index is 5.40. The molecule has 15 heavy (non-hydrogen) atoms. The molecule has 0 heterocycles. The Kier molecular flexibility index (Phi) is 4.47. The molecule has 1 rings (SSSR count). The minimum Gasteiger partial charge on any atom is -0.494 e. The van der Waals surface area contributed by atoms with E-state index in [1.54, 1.807) is 6.21 Å². The molecule has 1 aromatic rings. The van der Waals surface area contributed by atoms with Crippen LogP contribution < -0.4 is 15.3 Å². The fraction of sp³-hybridized carbons (Fsp3) is 0.364. The van der Waals surface area contributed by atoms with Crippen molar-refractivity contribution in [1.29, 1.82) is 0 Å². The number of nitrogens with zero attached hydrogens (tertiary/aromatic N) is 1. The van der Waals surface area contributed by atoms with Crippen molar-refractivity contribution in [2.45, 2.75) is 13.8 Å². The zero-order valence-corrected chi connectivity index (χ0v) is 9.06. The van der Waals surface area contributed by atoms with Gasteiger partial charge < -0.3 is 15.3 Å². The van der Waals surface area contributed by atoms with Gasteiger partial charge in [0.1, 0.15) is 11.5 Å². The standard InChI is InChI=1S/C11H16N2O2/c1-3-14-10-5-9(8-13-12)6-11(7-10)15-4-2/h5-8H,3-4,12H2,1-2H3. The molecule has 0 amide bonds. The third kappa shape index (κ3) is 3.50. The van der Waals surface area contributed by atoms with Gasteiger partial charge in [0.15, 0.2) is 0 Å². The summed E-state index contributed by atoms with van der Waals surface area (Å²) in [5.74, 6) is 6.62. The van der Waals surface area contributed by atoms with Crippen molar-refractivity contribution < 1.29 is 9.47 Å². The Morgan fingerprint density at radius 1 is 1.13 bits per heavy atom. The van der Waals surface area contributed by atoms with Crippen LogP contribution in [0.5, 0.6) is 11.5 Å². The Bertz CT molecular complexity index is 313. The molecule has 0 aliphatic carbocycles. The second kappa shape index (κ2) is 5.90. The number of hydrazone groups is 1. The van der Waals surface area contributed by atoms with E-state index in [2.05, 4.69) is 5.10 Å². The summed E-state index contributed by atoms with van der Waals surface area (Å²) in [5.41, 5.74) is 0.868. The molecule has 0 radical (unpaired) electrons. The van der Waals surface area contributed by atoms with Gasteiger partial charge in [-0.05, 0) is 26.0 Å². The van der Waals surface area contributed by atoms with Gasteiger partial charge >= 0.3 is 0 Å². The quantitative estimate of drug-likeness (QED) is 0.456. The summed E-state index contributed by atoms with van der Waals surface area (Å²) in [6.45, 7) is 5.11. The zero-order valence-electron chi connectivity index (χ0n) is 9.06. The molecule has 4 nitrogen and oxygen atoms in total. The summed E-state index contributed by atoms with van der Waals surface area (Å²) in [5, 5.41) is 3.47. The lowest BCUT2D eigenvalue weighted by atomic mass is 10.2. The highest BCUT2D eigenvalue weighted by atomic mass is 16.5. The van der Waals surface area contributed by atoms with E-state index in [0.717, 1.165) is 17.1 Å². The van der Waals surface area contributed by atoms with Crippen LogP contribution in [-0.2, 0) is 0 Å². The van der Waals surface area contributed by atoms with Gasteiger partial charge in [-0.25, -0.2) is 0 Å². The molecule has 0 saturated carbocycles. The van der Waals surface area contributed by atoms with Gasteiger partial charge in [-0.1, -0.05) is 0 Å². The molecule has 1 aromatic carbocycles. The second-order valence-electron chi connectivity index (χ2n) is 2.88. The molecule has 0 fully saturated rings. The number of nitrogens with two attached hydrogens (primary N) is 1. The van der Waals surface area contributed by atoms with Gasteiger partial charge in [-0.3, -0.25) is 0 Å². The van der Waals surface area contributed by atoms with Gasteiger partial charge in [0.25, 0.3) is 0 Å². The smallest absolute Gasteiger partial charge is 0.123 e. The minimum atomic E-state index is 0.620. The number of hydrogen-bond donors (Lipinski definition) is 1. The first kappa shape index (κ1) is 11.4. The minimum absolute atomic E-state index is 0.620. The Hall–Kier alpha value is -1.71. The molecule has 0 aliphatic heterocycles. The van der Waals surface area contributed by atoms with Crippen molar-refractivity contribution >= 4 is 6.21 Å². The summed E-state index contributed by atoms with van der Waals surface area (Å²) in [6.07, 6.45) is 1.56. The number of ether oxygens (including phenoxy) is 2. The largest absolute Gasteiger partial charge is 0.494 e. The van der Waals surface area contributed by atoms with Crippen LogP contribution in [0.2, 0.25) is 0 Å². The molecule has 2 N–H and O–H groups in total. The topological polar surface area (TPSA) is 56.8 Å². The molecule has 82 valence electrons. The SMILES string of the molecule is CCOc1cc(C=NN)cc(OCC)c1. The fourth-order valence-electron chi connectivity index (χ4n) is 1.25. The van der Waals surface area contributed by atoms with E-state index in [9.17, 15) is 0 Å². The molecule has 4 heteroatoms. The van der Waals surface area contributed by atoms with Crippen molar-refractivity contribution in [1.82, 2.24) is 0 Å². The zero-order chi connectivity index (χ0) is 11.1. The predicted octanol–water partition coefficient (Wildman–Crippen LogP) is 1.78. The van der Waals surface area contributed by atoms with Crippen molar-refractivity contribution in [3.63, 3.8) is 0 Å². The van der Waals surface area contributed by atoms with E-state index in [-0.39, 0.29) is 0 Å². The highest BCUT2D eigenvalue weighted by Gasteiger charge is 2.00. The fourth-order valence-corrected chi connectivity index (χ4v) is 1.25. The maximum atomic E-state index is 5.40. The lowest BCUT2D eigenvalue weighted by Gasteiger charge is -2.08. The average Bonchev–Trinajstić information content (AvgIpc) is 2.19. The third-order valence-corrected chi connectivity index (χ3v) is 1.75. The van der Waals surface area contributed by atoms with Gasteiger partial charge in [0, 0.05) is 11.6 Å². The van der Waals surface area contributed by atoms with Crippen LogP contribution in [-0.4, -0.2) is 19.4 Å². The summed E-state index contributed by atoms with van der Waals surface area (Å²) < 4.78 is 10.8. The number of rotatable bonds is 5. The molecule has 0 saturated heterocycles. The Labute approximate surface area is 89.7 Å². The highest BCUT2D eigenvalue weighted by molar-refractivity contribution is 5.80. The number of benzene rings is 1. The molecule has 0 atom stereocenters. The average molecular weight is 208 g/mol. The molecule has 0 aromatic heterocycles. The Balaban J connectivity index is 2.96. The van der Waals surface area contributed by atoms with Gasteiger partial charge in [-0.15, -0.1) is 0 Å². The first-order valence-corrected chi connectivity index (χ1v) is 4.94. The van der Waals surface area contributed by atoms with Crippen LogP contribution in [0.15, 0.2) is 23.3 Å². The van der Waals surface area contributed by atoms with Crippen molar-refractivity contribution in [3.05, 3.63) is 23.8 Å². The van der Waals surface area contributed by atoms with Crippen LogP contribution in [0, 0.1) is 0 Å². The van der Waals surface area contributed by atoms with E-state index in [0.29, 0.717) is 13.2 Å². The van der Waals surface area contributed by atoms with E-state index in [1.807, 2.05) is 32.0 Å². The molecular formula is C11H16N2O2. The summed E-state index contributed by atoms with van der Waals surface area (Å²) in [6, 6.07) is 5.58. The van der Waals surface area contributed by atoms with Crippen molar-refractivity contribution in [2.24, 2.45) is 10.9 Å². The summed E-state index contributed by atoms with van der Waals surface area (Å²) >= 11 is 0. The van der Waals surface area contributed by atoms with E-state index in [1.165, 1.54) is 0 Å². The lowest BCUT2D eigenvalue weighted by molar-refractivity contribution is 0.323. The first-order chi connectivity index (χ1) is 7.30. The second-order valence-corrected chi connectivity index (χ2v) is 2.88. The third-order valence-electron chi connectivity index (χ3n) is 1.75. The van der Waals surface area contributed by atoms with Crippen molar-refractivity contribution in [2.75, 3.05) is 13.2 Å². The normalized spacial score (nSPS) is 10.5. The Morgan fingerprint density at radius 3 is 2.07 bits per heavy atom. The van der Waals surface area contributed by atoms with Crippen LogP contribution in [0.3, 0.4) is 0 Å². The molecule has 0 unspecified atom stereocenters.